The van der Waals surface area contributed by atoms with E-state index in [0.717, 1.165) is 11.3 Å². The topological polar surface area (TPSA) is 79.3 Å². The molecular weight excluding hydrogens is 295 g/mol. The number of hydrogen-bond donors (Lipinski definition) is 2. The van der Waals surface area contributed by atoms with Gasteiger partial charge < -0.3 is 11.3 Å². The van der Waals surface area contributed by atoms with Crippen LogP contribution in [0.15, 0.2) is 34.5 Å². The second-order valence-corrected chi connectivity index (χ2v) is 5.32. The fourth-order valence-electron chi connectivity index (χ4n) is 1.36. The molecule has 19 heavy (non-hydrogen) atoms. The van der Waals surface area contributed by atoms with Gasteiger partial charge >= 0.3 is 29.6 Å². The summed E-state index contributed by atoms with van der Waals surface area (Å²) in [6.07, 6.45) is 0. The van der Waals surface area contributed by atoms with Crippen molar-refractivity contribution >= 4 is 33.5 Å². The van der Waals surface area contributed by atoms with Gasteiger partial charge in [0, 0.05) is 17.9 Å². The number of carbonyl (C=O) groups excluding carboxylic acids is 1. The van der Waals surface area contributed by atoms with E-state index < -0.39 is 11.1 Å². The SMILES string of the molecule is CC(=O)Nc1nc(-c2ccc(S(=O)O)cc2)cs1.[H-].[Na+]. The molecular formula is C11H11N2NaO3S2. The van der Waals surface area contributed by atoms with Crippen LogP contribution < -0.4 is 34.9 Å². The first-order valence-corrected chi connectivity index (χ1v) is 6.99. The number of rotatable bonds is 3. The van der Waals surface area contributed by atoms with Crippen LogP contribution in [0.3, 0.4) is 0 Å². The summed E-state index contributed by atoms with van der Waals surface area (Å²) < 4.78 is 19.7. The largest absolute Gasteiger partial charge is 1.00 e. The molecule has 1 amide bonds. The number of carbonyl (C=O) groups is 1. The Kier molecular flexibility index (Phi) is 6.31. The minimum absolute atomic E-state index is 0. The summed E-state index contributed by atoms with van der Waals surface area (Å²) in [6, 6.07) is 6.58. The van der Waals surface area contributed by atoms with Gasteiger partial charge in [-0.05, 0) is 12.1 Å². The molecule has 96 valence electrons. The summed E-state index contributed by atoms with van der Waals surface area (Å²) in [4.78, 5) is 15.5. The minimum atomic E-state index is -1.97. The van der Waals surface area contributed by atoms with Crippen LogP contribution in [0.1, 0.15) is 8.35 Å². The molecule has 0 radical (unpaired) electrons. The second kappa shape index (κ2) is 7.28. The first-order chi connectivity index (χ1) is 8.56. The Morgan fingerprint density at radius 2 is 2.05 bits per heavy atom. The van der Waals surface area contributed by atoms with Crippen molar-refractivity contribution in [1.82, 2.24) is 4.98 Å². The van der Waals surface area contributed by atoms with E-state index in [1.54, 1.807) is 24.3 Å². The van der Waals surface area contributed by atoms with Crippen molar-refractivity contribution < 1.29 is 44.5 Å². The van der Waals surface area contributed by atoms with Crippen LogP contribution in [0.4, 0.5) is 5.13 Å². The van der Waals surface area contributed by atoms with Gasteiger partial charge in [0.25, 0.3) is 0 Å². The van der Waals surface area contributed by atoms with Crippen LogP contribution in [0.5, 0.6) is 0 Å². The van der Waals surface area contributed by atoms with Crippen molar-refractivity contribution in [2.75, 3.05) is 5.32 Å². The molecule has 5 nitrogen and oxygen atoms in total. The third-order valence-corrected chi connectivity index (χ3v) is 3.57. The number of aromatic nitrogens is 1. The maximum atomic E-state index is 10.9. The van der Waals surface area contributed by atoms with Crippen LogP contribution in [0, 0.1) is 0 Å². The van der Waals surface area contributed by atoms with Crippen molar-refractivity contribution in [2.45, 2.75) is 11.8 Å². The van der Waals surface area contributed by atoms with Crippen molar-refractivity contribution in [3.63, 3.8) is 0 Å². The third kappa shape index (κ3) is 4.48. The zero-order valence-electron chi connectivity index (χ0n) is 11.4. The van der Waals surface area contributed by atoms with Crippen LogP contribution in [0.25, 0.3) is 11.3 Å². The Morgan fingerprint density at radius 3 is 2.58 bits per heavy atom. The fraction of sp³-hybridized carbons (Fsp3) is 0.0909. The average molecular weight is 306 g/mol. The number of benzene rings is 1. The molecule has 2 N–H and O–H groups in total. The molecule has 0 bridgehead atoms. The summed E-state index contributed by atoms with van der Waals surface area (Å²) >= 11 is -0.640. The van der Waals surface area contributed by atoms with Crippen LogP contribution in [0.2, 0.25) is 0 Å². The van der Waals surface area contributed by atoms with Gasteiger partial charge in [0.15, 0.2) is 16.2 Å². The van der Waals surface area contributed by atoms with E-state index in [2.05, 4.69) is 10.3 Å². The maximum absolute atomic E-state index is 10.9. The number of nitrogens with one attached hydrogen (secondary N) is 1. The predicted molar refractivity (Wildman–Crippen MR) is 72.0 cm³/mol. The number of thiazole rings is 1. The number of anilines is 1. The molecule has 0 saturated carbocycles. The average Bonchev–Trinajstić information content (AvgIpc) is 2.76. The summed E-state index contributed by atoms with van der Waals surface area (Å²) in [5.41, 5.74) is 1.55. The van der Waals surface area contributed by atoms with E-state index in [0.29, 0.717) is 10.0 Å². The number of amides is 1. The zero-order valence-corrected chi connectivity index (χ0v) is 14.0. The molecule has 1 heterocycles. The van der Waals surface area contributed by atoms with Gasteiger partial charge in [-0.25, -0.2) is 9.19 Å². The van der Waals surface area contributed by atoms with Crippen LogP contribution in [-0.2, 0) is 15.9 Å². The molecule has 1 unspecified atom stereocenters. The summed E-state index contributed by atoms with van der Waals surface area (Å²) in [5.74, 6) is -0.165. The van der Waals surface area contributed by atoms with Gasteiger partial charge in [0.05, 0.1) is 10.6 Å². The molecule has 0 saturated heterocycles. The smallest absolute Gasteiger partial charge is 1.00 e. The molecule has 1 aromatic carbocycles. The Labute approximate surface area is 140 Å². The molecule has 2 aromatic rings. The van der Waals surface area contributed by atoms with Gasteiger partial charge in [-0.1, -0.05) is 12.1 Å². The number of nitrogens with zero attached hydrogens (tertiary/aromatic N) is 1. The van der Waals surface area contributed by atoms with Gasteiger partial charge in [-0.3, -0.25) is 4.79 Å². The summed E-state index contributed by atoms with van der Waals surface area (Å²) in [7, 11) is 0. The van der Waals surface area contributed by atoms with Gasteiger partial charge in [-0.2, -0.15) is 0 Å². The fourth-order valence-corrected chi connectivity index (χ4v) is 2.49. The van der Waals surface area contributed by atoms with Gasteiger partial charge in [0.2, 0.25) is 5.91 Å². The molecule has 8 heteroatoms. The molecule has 2 rings (SSSR count). The molecule has 0 spiro atoms. The van der Waals surface area contributed by atoms with Gasteiger partial charge in [-0.15, -0.1) is 11.3 Å². The maximum Gasteiger partial charge on any atom is 1.00 e. The molecule has 1 aromatic heterocycles. The summed E-state index contributed by atoms with van der Waals surface area (Å²) in [6.45, 7) is 1.42. The van der Waals surface area contributed by atoms with Crippen molar-refractivity contribution in [3.05, 3.63) is 29.6 Å². The second-order valence-electron chi connectivity index (χ2n) is 3.49. The molecule has 0 aliphatic heterocycles. The van der Waals surface area contributed by atoms with Crippen LogP contribution >= 0.6 is 11.3 Å². The minimum Gasteiger partial charge on any atom is -1.00 e. The first kappa shape index (κ1) is 16.5. The Balaban J connectivity index is 0.00000180. The van der Waals surface area contributed by atoms with E-state index in [1.807, 2.05) is 5.38 Å². The Hall–Kier alpha value is -0.570. The molecule has 0 fully saturated rings. The van der Waals surface area contributed by atoms with Crippen molar-refractivity contribution in [3.8, 4) is 11.3 Å². The van der Waals surface area contributed by atoms with Gasteiger partial charge in [0.1, 0.15) is 0 Å². The van der Waals surface area contributed by atoms with E-state index in [4.69, 9.17) is 4.55 Å². The molecule has 1 atom stereocenters. The van der Waals surface area contributed by atoms with E-state index in [9.17, 15) is 9.00 Å². The Morgan fingerprint density at radius 1 is 1.42 bits per heavy atom. The number of hydrogen-bond acceptors (Lipinski definition) is 4. The van der Waals surface area contributed by atoms with Crippen LogP contribution in [-0.4, -0.2) is 19.7 Å². The monoisotopic (exact) mass is 306 g/mol. The standard InChI is InChI=1S/C11H10N2O3S2.Na.H/c1-7(14)12-11-13-10(6-17-11)8-2-4-9(5-3-8)18(15)16;;/h2-6H,1H3,(H,15,16)(H,12,13,14);;/q;+1;-1. The summed E-state index contributed by atoms with van der Waals surface area (Å²) in [5, 5.41) is 4.95. The zero-order chi connectivity index (χ0) is 13.1. The van der Waals surface area contributed by atoms with Crippen molar-refractivity contribution in [2.24, 2.45) is 0 Å². The first-order valence-electron chi connectivity index (χ1n) is 5.00. The Bertz CT molecular complexity index is 604. The molecule has 0 aliphatic rings. The predicted octanol–water partition coefficient (Wildman–Crippen LogP) is -0.534. The van der Waals surface area contributed by atoms with Crippen molar-refractivity contribution in [1.29, 1.82) is 0 Å². The van der Waals surface area contributed by atoms with E-state index in [-0.39, 0.29) is 36.9 Å². The third-order valence-electron chi connectivity index (χ3n) is 2.14. The molecule has 0 aliphatic carbocycles. The van der Waals surface area contributed by atoms with E-state index in [1.165, 1.54) is 18.3 Å². The normalized spacial score (nSPS) is 11.5. The van der Waals surface area contributed by atoms with E-state index >= 15 is 0 Å². The quantitative estimate of drug-likeness (QED) is 0.590.